The molecule has 0 N–H and O–H groups in total. The molecule has 0 radical (unpaired) electrons. The molecule has 1 heterocycles. The number of hydrogen-bond donors (Lipinski definition) is 0. The van der Waals surface area contributed by atoms with Crippen molar-refractivity contribution < 1.29 is 4.79 Å². The summed E-state index contributed by atoms with van der Waals surface area (Å²) in [6.45, 7) is 4.11. The lowest BCUT2D eigenvalue weighted by Gasteiger charge is -2.21. The van der Waals surface area contributed by atoms with E-state index in [0.29, 0.717) is 16.9 Å². The van der Waals surface area contributed by atoms with E-state index < -0.39 is 0 Å². The maximum absolute atomic E-state index is 12.4. The van der Waals surface area contributed by atoms with Crippen molar-refractivity contribution in [2.45, 2.75) is 51.0 Å². The average Bonchev–Trinajstić information content (AvgIpc) is 2.65. The molecule has 128 valence electrons. The van der Waals surface area contributed by atoms with Gasteiger partial charge in [0.15, 0.2) is 5.78 Å². The highest BCUT2D eigenvalue weighted by Crippen LogP contribution is 2.32. The third-order valence-corrected chi connectivity index (χ3v) is 5.70. The van der Waals surface area contributed by atoms with Gasteiger partial charge in [0, 0.05) is 11.3 Å². The topological polar surface area (TPSA) is 53.8 Å². The quantitative estimate of drug-likeness (QED) is 0.580. The van der Waals surface area contributed by atoms with Gasteiger partial charge in [-0.2, -0.15) is 5.26 Å². The number of carbonyl (C=O) groups excluding carboxylic acids is 1. The van der Waals surface area contributed by atoms with Crippen LogP contribution in [-0.4, -0.2) is 16.5 Å². The molecule has 0 aliphatic heterocycles. The van der Waals surface area contributed by atoms with E-state index in [1.54, 1.807) is 0 Å². The van der Waals surface area contributed by atoms with E-state index >= 15 is 0 Å². The van der Waals surface area contributed by atoms with Gasteiger partial charge in [-0.05, 0) is 50.2 Å². The van der Waals surface area contributed by atoms with Gasteiger partial charge in [-0.15, -0.1) is 0 Å². The van der Waals surface area contributed by atoms with Gasteiger partial charge in [0.2, 0.25) is 0 Å². The smallest absolute Gasteiger partial charge is 0.173 e. The van der Waals surface area contributed by atoms with Crippen LogP contribution in [0.15, 0.2) is 29.3 Å². The Hall–Kier alpha value is -2.12. The van der Waals surface area contributed by atoms with E-state index in [0.717, 1.165) is 42.0 Å². The van der Waals surface area contributed by atoms with Gasteiger partial charge in [-0.25, -0.2) is 4.98 Å². The highest BCUT2D eigenvalue weighted by atomic mass is 32.2. The first-order chi connectivity index (χ1) is 12.1. The van der Waals surface area contributed by atoms with E-state index in [1.807, 2.05) is 31.2 Å². The van der Waals surface area contributed by atoms with Crippen molar-refractivity contribution in [3.05, 3.63) is 57.8 Å². The lowest BCUT2D eigenvalue weighted by molar-refractivity contribution is 0.102. The van der Waals surface area contributed by atoms with Gasteiger partial charge in [0.1, 0.15) is 11.1 Å². The summed E-state index contributed by atoms with van der Waals surface area (Å²) in [6, 6.07) is 9.97. The Balaban J connectivity index is 1.86. The van der Waals surface area contributed by atoms with Crippen molar-refractivity contribution in [2.75, 3.05) is 5.75 Å². The van der Waals surface area contributed by atoms with Crippen molar-refractivity contribution in [3.8, 4) is 6.07 Å². The van der Waals surface area contributed by atoms with E-state index in [9.17, 15) is 10.1 Å². The number of fused-ring (bicyclic) bond motifs is 1. The standard InChI is InChI=1S/C21H22N2OS/c1-3-19-17-7-5-4-6-16(17)18(12-22)21(23-19)25-13-20(24)15-10-8-14(2)9-11-15/h8-11H,3-7,13H2,1-2H3. The maximum atomic E-state index is 12.4. The van der Waals surface area contributed by atoms with Crippen LogP contribution in [0, 0.1) is 18.3 Å². The van der Waals surface area contributed by atoms with Crippen molar-refractivity contribution in [1.82, 2.24) is 4.98 Å². The van der Waals surface area contributed by atoms with E-state index in [4.69, 9.17) is 4.98 Å². The summed E-state index contributed by atoms with van der Waals surface area (Å²) in [4.78, 5) is 17.2. The lowest BCUT2D eigenvalue weighted by atomic mass is 9.87. The molecular formula is C21H22N2OS. The minimum atomic E-state index is 0.0754. The second-order valence-corrected chi connectivity index (χ2v) is 7.41. The fourth-order valence-corrected chi connectivity index (χ4v) is 4.27. The van der Waals surface area contributed by atoms with Gasteiger partial charge >= 0.3 is 0 Å². The largest absolute Gasteiger partial charge is 0.293 e. The molecule has 0 atom stereocenters. The third-order valence-electron chi connectivity index (χ3n) is 4.73. The molecule has 25 heavy (non-hydrogen) atoms. The molecule has 4 heteroatoms. The Kier molecular flexibility index (Phi) is 5.55. The summed E-state index contributed by atoms with van der Waals surface area (Å²) >= 11 is 1.40. The van der Waals surface area contributed by atoms with Crippen LogP contribution in [0.25, 0.3) is 0 Å². The Bertz CT molecular complexity index is 834. The highest BCUT2D eigenvalue weighted by molar-refractivity contribution is 8.00. The molecule has 0 saturated heterocycles. The third kappa shape index (κ3) is 3.77. The molecule has 1 aliphatic carbocycles. The molecule has 0 unspecified atom stereocenters. The number of aryl methyl sites for hydroxylation is 2. The molecule has 2 aromatic rings. The van der Waals surface area contributed by atoms with Crippen LogP contribution in [0.2, 0.25) is 0 Å². The summed E-state index contributed by atoms with van der Waals surface area (Å²) in [5.41, 5.74) is 6.09. The van der Waals surface area contributed by atoms with E-state index in [1.165, 1.54) is 29.3 Å². The van der Waals surface area contributed by atoms with Crippen LogP contribution < -0.4 is 0 Å². The number of ketones is 1. The second-order valence-electron chi connectivity index (χ2n) is 6.45. The number of rotatable bonds is 5. The number of Topliss-reactive ketones (excluding diaryl/α,β-unsaturated/α-hetero) is 1. The van der Waals surface area contributed by atoms with Crippen LogP contribution in [-0.2, 0) is 19.3 Å². The number of hydrogen-bond acceptors (Lipinski definition) is 4. The fourth-order valence-electron chi connectivity index (χ4n) is 3.34. The van der Waals surface area contributed by atoms with Crippen LogP contribution >= 0.6 is 11.8 Å². The normalized spacial score (nSPS) is 13.2. The minimum absolute atomic E-state index is 0.0754. The Labute approximate surface area is 153 Å². The molecular weight excluding hydrogens is 328 g/mol. The van der Waals surface area contributed by atoms with Crippen molar-refractivity contribution in [1.29, 1.82) is 5.26 Å². The number of nitriles is 1. The highest BCUT2D eigenvalue weighted by Gasteiger charge is 2.22. The Morgan fingerprint density at radius 1 is 1.20 bits per heavy atom. The zero-order valence-corrected chi connectivity index (χ0v) is 15.6. The van der Waals surface area contributed by atoms with Crippen molar-refractivity contribution in [2.24, 2.45) is 0 Å². The predicted molar refractivity (Wildman–Crippen MR) is 101 cm³/mol. The molecule has 1 aromatic heterocycles. The maximum Gasteiger partial charge on any atom is 0.173 e. The van der Waals surface area contributed by atoms with Gasteiger partial charge in [-0.3, -0.25) is 4.79 Å². The lowest BCUT2D eigenvalue weighted by Crippen LogP contribution is -2.13. The van der Waals surface area contributed by atoms with E-state index in [-0.39, 0.29) is 5.78 Å². The van der Waals surface area contributed by atoms with Gasteiger partial charge in [0.25, 0.3) is 0 Å². The second kappa shape index (κ2) is 7.84. The van der Waals surface area contributed by atoms with Crippen LogP contribution in [0.5, 0.6) is 0 Å². The number of nitrogens with zero attached hydrogens (tertiary/aromatic N) is 2. The first-order valence-corrected chi connectivity index (χ1v) is 9.80. The fraction of sp³-hybridized carbons (Fsp3) is 0.381. The molecule has 0 saturated carbocycles. The number of benzene rings is 1. The Morgan fingerprint density at radius 3 is 2.52 bits per heavy atom. The van der Waals surface area contributed by atoms with Crippen molar-refractivity contribution >= 4 is 17.5 Å². The first-order valence-electron chi connectivity index (χ1n) is 8.81. The van der Waals surface area contributed by atoms with Crippen LogP contribution in [0.3, 0.4) is 0 Å². The van der Waals surface area contributed by atoms with E-state index in [2.05, 4.69) is 13.0 Å². The number of aromatic nitrogens is 1. The zero-order valence-electron chi connectivity index (χ0n) is 14.8. The SMILES string of the molecule is CCc1nc(SCC(=O)c2ccc(C)cc2)c(C#N)c2c1CCCC2. The summed E-state index contributed by atoms with van der Waals surface area (Å²) in [5, 5.41) is 10.4. The molecule has 3 rings (SSSR count). The molecule has 0 spiro atoms. The molecule has 3 nitrogen and oxygen atoms in total. The summed E-state index contributed by atoms with van der Waals surface area (Å²) in [7, 11) is 0. The zero-order chi connectivity index (χ0) is 17.8. The first kappa shape index (κ1) is 17.7. The monoisotopic (exact) mass is 350 g/mol. The molecule has 0 bridgehead atoms. The van der Waals surface area contributed by atoms with Crippen molar-refractivity contribution in [3.63, 3.8) is 0 Å². The minimum Gasteiger partial charge on any atom is -0.293 e. The molecule has 0 fully saturated rings. The predicted octanol–water partition coefficient (Wildman–Crippen LogP) is 4.68. The number of thioether (sulfide) groups is 1. The van der Waals surface area contributed by atoms with Crippen LogP contribution in [0.1, 0.15) is 58.1 Å². The van der Waals surface area contributed by atoms with Gasteiger partial charge in [-0.1, -0.05) is 48.5 Å². The summed E-state index contributed by atoms with van der Waals surface area (Å²) < 4.78 is 0. The van der Waals surface area contributed by atoms with Crippen LogP contribution in [0.4, 0.5) is 0 Å². The number of carbonyl (C=O) groups is 1. The molecule has 0 amide bonds. The summed E-state index contributed by atoms with van der Waals surface area (Å²) in [6.07, 6.45) is 5.14. The van der Waals surface area contributed by atoms with Gasteiger partial charge < -0.3 is 0 Å². The Morgan fingerprint density at radius 2 is 1.88 bits per heavy atom. The number of pyridine rings is 1. The molecule has 1 aliphatic rings. The van der Waals surface area contributed by atoms with Gasteiger partial charge in [0.05, 0.1) is 11.3 Å². The average molecular weight is 350 g/mol. The summed E-state index contributed by atoms with van der Waals surface area (Å²) in [5.74, 6) is 0.388. The molecule has 1 aromatic carbocycles.